The van der Waals surface area contributed by atoms with E-state index in [2.05, 4.69) is 19.2 Å². The lowest BCUT2D eigenvalue weighted by atomic mass is 10.0. The van der Waals surface area contributed by atoms with Crippen LogP contribution in [0.2, 0.25) is 0 Å². The first-order valence-electron chi connectivity index (χ1n) is 6.57. The van der Waals surface area contributed by atoms with Crippen molar-refractivity contribution in [2.75, 3.05) is 0 Å². The third-order valence-corrected chi connectivity index (χ3v) is 2.95. The highest BCUT2D eigenvalue weighted by molar-refractivity contribution is 5.67. The number of aliphatic carboxylic acids is 1. The summed E-state index contributed by atoms with van der Waals surface area (Å²) in [7, 11) is 0. The number of hydrogen-bond acceptors (Lipinski definition) is 2. The van der Waals surface area contributed by atoms with E-state index in [9.17, 15) is 4.79 Å². The molecule has 0 radical (unpaired) electrons. The number of rotatable bonds is 8. The second kappa shape index (κ2) is 7.88. The zero-order valence-corrected chi connectivity index (χ0v) is 11.2. The van der Waals surface area contributed by atoms with E-state index in [4.69, 9.17) is 5.11 Å². The van der Waals surface area contributed by atoms with Gasteiger partial charge in [-0.05, 0) is 24.3 Å². The van der Waals surface area contributed by atoms with Gasteiger partial charge in [0.2, 0.25) is 0 Å². The van der Waals surface area contributed by atoms with Crippen LogP contribution in [-0.2, 0) is 11.3 Å². The van der Waals surface area contributed by atoms with E-state index in [0.717, 1.165) is 19.4 Å². The minimum Gasteiger partial charge on any atom is -0.481 e. The van der Waals surface area contributed by atoms with Crippen LogP contribution in [0.15, 0.2) is 30.3 Å². The van der Waals surface area contributed by atoms with E-state index < -0.39 is 5.97 Å². The Labute approximate surface area is 109 Å². The molecule has 100 valence electrons. The lowest BCUT2D eigenvalue weighted by Crippen LogP contribution is -2.31. The largest absolute Gasteiger partial charge is 0.481 e. The highest BCUT2D eigenvalue weighted by atomic mass is 16.4. The summed E-state index contributed by atoms with van der Waals surface area (Å²) < 4.78 is 0. The maximum atomic E-state index is 10.8. The van der Waals surface area contributed by atoms with Crippen LogP contribution in [-0.4, -0.2) is 17.1 Å². The number of hydrogen-bond donors (Lipinski definition) is 2. The second-order valence-electron chi connectivity index (χ2n) is 5.13. The standard InChI is InChI=1S/C15H23NO2/c1-12(2)8-9-14(10-15(17)18)16-11-13-6-4-3-5-7-13/h3-7,12,14,16H,8-11H2,1-2H3,(H,17,18). The molecule has 0 saturated carbocycles. The van der Waals surface area contributed by atoms with Crippen molar-refractivity contribution in [3.63, 3.8) is 0 Å². The summed E-state index contributed by atoms with van der Waals surface area (Å²) in [5, 5.41) is 12.2. The Balaban J connectivity index is 2.42. The van der Waals surface area contributed by atoms with Crippen LogP contribution in [0.4, 0.5) is 0 Å². The number of carboxylic acid groups (broad SMARTS) is 1. The number of nitrogens with one attached hydrogen (secondary N) is 1. The molecule has 1 aromatic carbocycles. The van der Waals surface area contributed by atoms with Gasteiger partial charge in [-0.25, -0.2) is 0 Å². The zero-order chi connectivity index (χ0) is 13.4. The third kappa shape index (κ3) is 6.40. The van der Waals surface area contributed by atoms with Gasteiger partial charge >= 0.3 is 5.97 Å². The van der Waals surface area contributed by atoms with Gasteiger partial charge in [0.05, 0.1) is 6.42 Å². The van der Waals surface area contributed by atoms with Crippen LogP contribution in [0.3, 0.4) is 0 Å². The number of carbonyl (C=O) groups is 1. The summed E-state index contributed by atoms with van der Waals surface area (Å²) in [6.45, 7) is 5.06. The molecule has 0 saturated heterocycles. The molecule has 0 aliphatic rings. The molecular formula is C15H23NO2. The van der Waals surface area contributed by atoms with E-state index in [1.54, 1.807) is 0 Å². The van der Waals surface area contributed by atoms with Crippen molar-refractivity contribution in [2.45, 2.75) is 45.7 Å². The predicted molar refractivity (Wildman–Crippen MR) is 73.4 cm³/mol. The monoisotopic (exact) mass is 249 g/mol. The molecule has 3 nitrogen and oxygen atoms in total. The lowest BCUT2D eigenvalue weighted by Gasteiger charge is -2.18. The zero-order valence-electron chi connectivity index (χ0n) is 11.2. The van der Waals surface area contributed by atoms with E-state index in [1.807, 2.05) is 30.3 Å². The summed E-state index contributed by atoms with van der Waals surface area (Å²) in [6, 6.07) is 10.1. The Bertz CT molecular complexity index is 349. The molecule has 2 N–H and O–H groups in total. The lowest BCUT2D eigenvalue weighted by molar-refractivity contribution is -0.137. The molecule has 0 spiro atoms. The topological polar surface area (TPSA) is 49.3 Å². The van der Waals surface area contributed by atoms with Crippen LogP contribution < -0.4 is 5.32 Å². The first kappa shape index (κ1) is 14.7. The van der Waals surface area contributed by atoms with Crippen molar-refractivity contribution in [3.8, 4) is 0 Å². The fourth-order valence-corrected chi connectivity index (χ4v) is 1.88. The molecule has 0 aliphatic carbocycles. The van der Waals surface area contributed by atoms with Gasteiger partial charge in [-0.3, -0.25) is 4.79 Å². The van der Waals surface area contributed by atoms with E-state index >= 15 is 0 Å². The van der Waals surface area contributed by atoms with E-state index in [0.29, 0.717) is 5.92 Å². The Morgan fingerprint density at radius 3 is 2.44 bits per heavy atom. The molecular weight excluding hydrogens is 226 g/mol. The average molecular weight is 249 g/mol. The molecule has 0 aromatic heterocycles. The SMILES string of the molecule is CC(C)CCC(CC(=O)O)NCc1ccccc1. The van der Waals surface area contributed by atoms with Crippen molar-refractivity contribution in [1.29, 1.82) is 0 Å². The van der Waals surface area contributed by atoms with Crippen molar-refractivity contribution in [2.24, 2.45) is 5.92 Å². The Kier molecular flexibility index (Phi) is 6.44. The highest BCUT2D eigenvalue weighted by Crippen LogP contribution is 2.10. The average Bonchev–Trinajstić information content (AvgIpc) is 2.33. The fraction of sp³-hybridized carbons (Fsp3) is 0.533. The second-order valence-corrected chi connectivity index (χ2v) is 5.13. The first-order valence-corrected chi connectivity index (χ1v) is 6.57. The number of carboxylic acids is 1. The van der Waals surface area contributed by atoms with Crippen molar-refractivity contribution in [1.82, 2.24) is 5.32 Å². The molecule has 0 heterocycles. The summed E-state index contributed by atoms with van der Waals surface area (Å²) in [5.41, 5.74) is 1.19. The van der Waals surface area contributed by atoms with Gasteiger partial charge in [0.25, 0.3) is 0 Å². The fourth-order valence-electron chi connectivity index (χ4n) is 1.88. The van der Waals surface area contributed by atoms with Crippen LogP contribution >= 0.6 is 0 Å². The van der Waals surface area contributed by atoms with Gasteiger partial charge < -0.3 is 10.4 Å². The molecule has 0 fully saturated rings. The van der Waals surface area contributed by atoms with Crippen LogP contribution in [0, 0.1) is 5.92 Å². The van der Waals surface area contributed by atoms with Gasteiger partial charge in [0.1, 0.15) is 0 Å². The Hall–Kier alpha value is -1.35. The summed E-state index contributed by atoms with van der Waals surface area (Å²) in [6.07, 6.45) is 2.16. The van der Waals surface area contributed by atoms with Gasteiger partial charge in [0, 0.05) is 12.6 Å². The quantitative estimate of drug-likeness (QED) is 0.744. The summed E-state index contributed by atoms with van der Waals surface area (Å²) in [4.78, 5) is 10.8. The minimum atomic E-state index is -0.732. The van der Waals surface area contributed by atoms with Crippen molar-refractivity contribution >= 4 is 5.97 Å². The first-order chi connectivity index (χ1) is 8.58. The predicted octanol–water partition coefficient (Wildman–Crippen LogP) is 3.06. The highest BCUT2D eigenvalue weighted by Gasteiger charge is 2.13. The molecule has 1 aromatic rings. The van der Waals surface area contributed by atoms with Gasteiger partial charge in [0.15, 0.2) is 0 Å². The molecule has 0 amide bonds. The van der Waals surface area contributed by atoms with E-state index in [-0.39, 0.29) is 12.5 Å². The third-order valence-electron chi connectivity index (χ3n) is 2.95. The smallest absolute Gasteiger partial charge is 0.304 e. The summed E-state index contributed by atoms with van der Waals surface area (Å²) in [5.74, 6) is -0.121. The van der Waals surface area contributed by atoms with Crippen molar-refractivity contribution < 1.29 is 9.90 Å². The van der Waals surface area contributed by atoms with Crippen LogP contribution in [0.25, 0.3) is 0 Å². The maximum absolute atomic E-state index is 10.8. The van der Waals surface area contributed by atoms with E-state index in [1.165, 1.54) is 5.56 Å². The van der Waals surface area contributed by atoms with Gasteiger partial charge in [-0.15, -0.1) is 0 Å². The molecule has 1 atom stereocenters. The van der Waals surface area contributed by atoms with Gasteiger partial charge in [-0.1, -0.05) is 44.2 Å². The van der Waals surface area contributed by atoms with Crippen LogP contribution in [0.5, 0.6) is 0 Å². The number of benzene rings is 1. The maximum Gasteiger partial charge on any atom is 0.304 e. The summed E-state index contributed by atoms with van der Waals surface area (Å²) >= 11 is 0. The molecule has 1 unspecified atom stereocenters. The molecule has 18 heavy (non-hydrogen) atoms. The van der Waals surface area contributed by atoms with Gasteiger partial charge in [-0.2, -0.15) is 0 Å². The Morgan fingerprint density at radius 1 is 1.22 bits per heavy atom. The van der Waals surface area contributed by atoms with Crippen LogP contribution in [0.1, 0.15) is 38.7 Å². The molecule has 3 heteroatoms. The molecule has 1 rings (SSSR count). The van der Waals surface area contributed by atoms with Crippen molar-refractivity contribution in [3.05, 3.63) is 35.9 Å². The molecule has 0 bridgehead atoms. The molecule has 0 aliphatic heterocycles. The Morgan fingerprint density at radius 2 is 1.89 bits per heavy atom. The normalized spacial score (nSPS) is 12.6. The minimum absolute atomic E-state index is 0.0603.